The number of nitriles is 1. The minimum absolute atomic E-state index is 0.0485. The van der Waals surface area contributed by atoms with Crippen LogP contribution in [0, 0.1) is 17.2 Å². The van der Waals surface area contributed by atoms with Gasteiger partial charge in [0.15, 0.2) is 0 Å². The Bertz CT molecular complexity index is 1100. The van der Waals surface area contributed by atoms with Gasteiger partial charge in [-0.1, -0.05) is 37.9 Å². The molecule has 3 rings (SSSR count). The van der Waals surface area contributed by atoms with E-state index in [9.17, 15) is 14.9 Å². The molecule has 0 saturated heterocycles. The second-order valence-corrected chi connectivity index (χ2v) is 7.52. The highest BCUT2D eigenvalue weighted by molar-refractivity contribution is 6.30. The van der Waals surface area contributed by atoms with E-state index in [0.717, 1.165) is 5.52 Å². The number of hydrogen-bond donors (Lipinski definition) is 1. The van der Waals surface area contributed by atoms with Gasteiger partial charge in [0.2, 0.25) is 0 Å². The first kappa shape index (κ1) is 21.4. The number of ether oxygens (including phenoxy) is 1. The van der Waals surface area contributed by atoms with Crippen LogP contribution in [0.15, 0.2) is 54.9 Å². The van der Waals surface area contributed by atoms with Gasteiger partial charge in [-0.2, -0.15) is 5.26 Å². The average molecular weight is 424 g/mol. The number of esters is 1. The molecule has 1 aromatic carbocycles. The Morgan fingerprint density at radius 1 is 1.23 bits per heavy atom. The van der Waals surface area contributed by atoms with Crippen molar-refractivity contribution >= 4 is 29.0 Å². The zero-order valence-electron chi connectivity index (χ0n) is 16.8. The van der Waals surface area contributed by atoms with Crippen molar-refractivity contribution in [3.8, 4) is 6.07 Å². The van der Waals surface area contributed by atoms with Crippen LogP contribution >= 0.6 is 11.6 Å². The summed E-state index contributed by atoms with van der Waals surface area (Å²) in [4.78, 5) is 25.4. The molecule has 0 bridgehead atoms. The van der Waals surface area contributed by atoms with Crippen molar-refractivity contribution in [1.29, 1.82) is 5.26 Å². The summed E-state index contributed by atoms with van der Waals surface area (Å²) in [6, 6.07) is 13.3. The summed E-state index contributed by atoms with van der Waals surface area (Å²) in [6.07, 6.45) is 4.28. The Morgan fingerprint density at radius 2 is 1.97 bits per heavy atom. The van der Waals surface area contributed by atoms with Crippen molar-refractivity contribution in [2.45, 2.75) is 32.9 Å². The third-order valence-corrected chi connectivity index (χ3v) is 5.36. The Morgan fingerprint density at radius 3 is 2.63 bits per heavy atom. The van der Waals surface area contributed by atoms with E-state index >= 15 is 0 Å². The van der Waals surface area contributed by atoms with Gasteiger partial charge in [0.1, 0.15) is 18.7 Å². The molecule has 1 N–H and O–H groups in total. The maximum absolute atomic E-state index is 12.8. The molecule has 7 heteroatoms. The van der Waals surface area contributed by atoms with Gasteiger partial charge in [-0.15, -0.1) is 0 Å². The summed E-state index contributed by atoms with van der Waals surface area (Å²) in [5.74, 6) is -1.04. The highest BCUT2D eigenvalue weighted by Gasteiger charge is 2.28. The molecule has 0 saturated carbocycles. The van der Waals surface area contributed by atoms with Crippen LogP contribution in [-0.4, -0.2) is 22.3 Å². The van der Waals surface area contributed by atoms with E-state index in [1.807, 2.05) is 42.6 Å². The second kappa shape index (κ2) is 9.47. The van der Waals surface area contributed by atoms with Crippen molar-refractivity contribution in [1.82, 2.24) is 9.72 Å². The van der Waals surface area contributed by atoms with Crippen LogP contribution in [0.25, 0.3) is 5.52 Å². The second-order valence-electron chi connectivity index (χ2n) is 7.09. The van der Waals surface area contributed by atoms with E-state index in [0.29, 0.717) is 28.1 Å². The molecule has 0 radical (unpaired) electrons. The highest BCUT2D eigenvalue weighted by atomic mass is 35.5. The average Bonchev–Trinajstić information content (AvgIpc) is 3.13. The number of halogens is 1. The molecule has 154 valence electrons. The maximum Gasteiger partial charge on any atom is 0.329 e. The summed E-state index contributed by atoms with van der Waals surface area (Å²) in [5, 5.41) is 12.8. The minimum atomic E-state index is -0.805. The van der Waals surface area contributed by atoms with Crippen LogP contribution in [0.1, 0.15) is 41.8 Å². The molecule has 0 spiro atoms. The van der Waals surface area contributed by atoms with Gasteiger partial charge < -0.3 is 14.5 Å². The fourth-order valence-electron chi connectivity index (χ4n) is 3.15. The number of hydrogen-bond acceptors (Lipinski definition) is 4. The molecule has 2 heterocycles. The third-order valence-electron chi connectivity index (χ3n) is 5.10. The standard InChI is InChI=1S/C23H22ClN3O3/c1-3-15(2)21(26-22(28)16-7-9-18(24)10-8-16)23(29)30-14-17-13-27-11-5-4-6-20(27)19(17)12-25/h4-11,13,15,21H,3,14H2,1-2H3,(H,26,28)/t15-,21-/m1/s1. The van der Waals surface area contributed by atoms with Gasteiger partial charge in [0.05, 0.1) is 11.1 Å². The van der Waals surface area contributed by atoms with E-state index in [1.54, 1.807) is 30.5 Å². The summed E-state index contributed by atoms with van der Waals surface area (Å²) in [5.41, 5.74) is 2.24. The van der Waals surface area contributed by atoms with Crippen LogP contribution < -0.4 is 5.32 Å². The Labute approximate surface area is 180 Å². The number of pyridine rings is 1. The summed E-state index contributed by atoms with van der Waals surface area (Å²) >= 11 is 5.87. The Balaban J connectivity index is 1.74. The number of benzene rings is 1. The monoisotopic (exact) mass is 423 g/mol. The number of rotatable bonds is 7. The maximum atomic E-state index is 12.8. The lowest BCUT2D eigenvalue weighted by molar-refractivity contribution is -0.148. The molecule has 0 aliphatic rings. The largest absolute Gasteiger partial charge is 0.459 e. The topological polar surface area (TPSA) is 83.6 Å². The van der Waals surface area contributed by atoms with Gasteiger partial charge in [0.25, 0.3) is 5.91 Å². The zero-order chi connectivity index (χ0) is 21.7. The number of carbonyl (C=O) groups is 2. The molecule has 0 aliphatic carbocycles. The minimum Gasteiger partial charge on any atom is -0.459 e. The van der Waals surface area contributed by atoms with Crippen LogP contribution in [0.4, 0.5) is 0 Å². The number of amides is 1. The van der Waals surface area contributed by atoms with Crippen molar-refractivity contribution in [2.75, 3.05) is 0 Å². The van der Waals surface area contributed by atoms with E-state index < -0.39 is 12.0 Å². The lowest BCUT2D eigenvalue weighted by atomic mass is 9.98. The van der Waals surface area contributed by atoms with Gasteiger partial charge in [-0.25, -0.2) is 4.79 Å². The molecule has 0 fully saturated rings. The molecule has 30 heavy (non-hydrogen) atoms. The Kier molecular flexibility index (Phi) is 6.76. The number of fused-ring (bicyclic) bond motifs is 1. The molecule has 0 unspecified atom stereocenters. The molecule has 2 atom stereocenters. The lowest BCUT2D eigenvalue weighted by Gasteiger charge is -2.22. The summed E-state index contributed by atoms with van der Waals surface area (Å²) < 4.78 is 7.32. The third kappa shape index (κ3) is 4.64. The molecule has 6 nitrogen and oxygen atoms in total. The van der Waals surface area contributed by atoms with E-state index in [2.05, 4.69) is 11.4 Å². The fourth-order valence-corrected chi connectivity index (χ4v) is 3.28. The summed E-state index contributed by atoms with van der Waals surface area (Å²) in [7, 11) is 0. The van der Waals surface area contributed by atoms with Gasteiger partial charge in [-0.3, -0.25) is 4.79 Å². The zero-order valence-corrected chi connectivity index (χ0v) is 17.5. The van der Waals surface area contributed by atoms with Gasteiger partial charge in [0, 0.05) is 28.5 Å². The number of nitrogens with one attached hydrogen (secondary N) is 1. The smallest absolute Gasteiger partial charge is 0.329 e. The van der Waals surface area contributed by atoms with E-state index in [1.165, 1.54) is 0 Å². The molecule has 1 amide bonds. The SMILES string of the molecule is CC[C@@H](C)[C@@H](NC(=O)c1ccc(Cl)cc1)C(=O)OCc1cn2ccccc2c1C#N. The molecular formula is C23H22ClN3O3. The number of aromatic nitrogens is 1. The molecule has 3 aromatic rings. The normalized spacial score (nSPS) is 12.7. The number of carbonyl (C=O) groups excluding carboxylic acids is 2. The lowest BCUT2D eigenvalue weighted by Crippen LogP contribution is -2.46. The predicted molar refractivity (Wildman–Crippen MR) is 114 cm³/mol. The van der Waals surface area contributed by atoms with Crippen molar-refractivity contribution < 1.29 is 14.3 Å². The van der Waals surface area contributed by atoms with Crippen LogP contribution in [-0.2, 0) is 16.1 Å². The molecule has 0 aliphatic heterocycles. The number of nitrogens with zero attached hydrogens (tertiary/aromatic N) is 2. The first-order chi connectivity index (χ1) is 14.4. The van der Waals surface area contributed by atoms with Gasteiger partial charge >= 0.3 is 5.97 Å². The van der Waals surface area contributed by atoms with Crippen molar-refractivity contribution in [2.24, 2.45) is 5.92 Å². The quantitative estimate of drug-likeness (QED) is 0.572. The first-order valence-electron chi connectivity index (χ1n) is 9.66. The van der Waals surface area contributed by atoms with E-state index in [-0.39, 0.29) is 18.4 Å². The molecular weight excluding hydrogens is 402 g/mol. The fraction of sp³-hybridized carbons (Fsp3) is 0.261. The van der Waals surface area contributed by atoms with Crippen molar-refractivity contribution in [3.05, 3.63) is 76.6 Å². The van der Waals surface area contributed by atoms with Crippen molar-refractivity contribution in [3.63, 3.8) is 0 Å². The summed E-state index contributed by atoms with van der Waals surface area (Å²) in [6.45, 7) is 3.77. The van der Waals surface area contributed by atoms with Crippen LogP contribution in [0.5, 0.6) is 0 Å². The van der Waals surface area contributed by atoms with Crippen LogP contribution in [0.3, 0.4) is 0 Å². The van der Waals surface area contributed by atoms with Gasteiger partial charge in [-0.05, 0) is 42.3 Å². The van der Waals surface area contributed by atoms with Crippen LogP contribution in [0.2, 0.25) is 5.02 Å². The van der Waals surface area contributed by atoms with E-state index in [4.69, 9.17) is 16.3 Å². The Hall–Kier alpha value is -3.30. The first-order valence-corrected chi connectivity index (χ1v) is 10.0. The highest BCUT2D eigenvalue weighted by Crippen LogP contribution is 2.20. The molecule has 2 aromatic heterocycles. The predicted octanol–water partition coefficient (Wildman–Crippen LogP) is 4.35.